The SMILES string of the molecule is Nc1nc(Nc2ccc(C=Cc3ccc(Nc4nc(N5CCOCC5)nc(N5CCOCC5)n4)cc3S(=O)(=O)O)c(S(=O)(=O)O)c2)nc(N2CCOCC2)n1. The molecule has 0 saturated carbocycles. The Morgan fingerprint density at radius 3 is 1.31 bits per heavy atom. The number of benzene rings is 2. The van der Waals surface area contributed by atoms with Crippen LogP contribution in [0.5, 0.6) is 0 Å². The van der Waals surface area contributed by atoms with E-state index in [4.69, 9.17) is 19.9 Å². The van der Waals surface area contributed by atoms with Gasteiger partial charge in [0, 0.05) is 50.6 Å². The number of hydrogen-bond acceptors (Lipinski definition) is 19. The molecule has 0 unspecified atom stereocenters. The predicted octanol–water partition coefficient (Wildman–Crippen LogP) is 1.30. The first-order valence-corrected chi connectivity index (χ1v) is 20.0. The van der Waals surface area contributed by atoms with Gasteiger partial charge in [0.25, 0.3) is 20.2 Å². The lowest BCUT2D eigenvalue weighted by Crippen LogP contribution is -2.40. The number of nitrogens with one attached hydrogen (secondary N) is 2. The summed E-state index contributed by atoms with van der Waals surface area (Å²) >= 11 is 0. The van der Waals surface area contributed by atoms with Gasteiger partial charge in [0.15, 0.2) is 0 Å². The highest BCUT2D eigenvalue weighted by atomic mass is 32.2. The molecular weight excluding hydrogens is 761 g/mol. The fourth-order valence-electron chi connectivity index (χ4n) is 5.94. The minimum atomic E-state index is -4.80. The molecule has 5 heterocycles. The third-order valence-corrected chi connectivity index (χ3v) is 10.5. The molecule has 55 heavy (non-hydrogen) atoms. The highest BCUT2D eigenvalue weighted by molar-refractivity contribution is 7.86. The number of ether oxygens (including phenoxy) is 3. The first kappa shape index (κ1) is 38.0. The van der Waals surface area contributed by atoms with Crippen LogP contribution in [0.25, 0.3) is 12.2 Å². The van der Waals surface area contributed by atoms with Gasteiger partial charge >= 0.3 is 0 Å². The number of nitrogens with zero attached hydrogens (tertiary/aromatic N) is 9. The van der Waals surface area contributed by atoms with Crippen LogP contribution in [0, 0.1) is 0 Å². The van der Waals surface area contributed by atoms with Crippen molar-refractivity contribution in [2.24, 2.45) is 0 Å². The second-order valence-corrected chi connectivity index (χ2v) is 15.2. The number of nitrogens with two attached hydrogens (primary N) is 1. The zero-order valence-corrected chi connectivity index (χ0v) is 30.9. The number of nitrogen functional groups attached to an aromatic ring is 1. The van der Waals surface area contributed by atoms with Crippen molar-refractivity contribution >= 4 is 79.5 Å². The van der Waals surface area contributed by atoms with Gasteiger partial charge in [0.2, 0.25) is 35.7 Å². The Morgan fingerprint density at radius 1 is 0.564 bits per heavy atom. The van der Waals surface area contributed by atoms with Gasteiger partial charge in [-0.15, -0.1) is 0 Å². The van der Waals surface area contributed by atoms with Gasteiger partial charge in [-0.3, -0.25) is 9.11 Å². The largest absolute Gasteiger partial charge is 0.378 e. The molecule has 0 bridgehead atoms. The summed E-state index contributed by atoms with van der Waals surface area (Å²) in [5.74, 6) is 1.27. The monoisotopic (exact) mass is 798 g/mol. The standard InChI is InChI=1S/C32H38N12O9S2/c33-27-36-28(38-30(37-27)42-7-13-51-14-8-42)34-23-5-3-21(25(19-23)54(45,46)47)1-2-22-4-6-24(20-26(22)55(48,49)50)35-29-39-31(43-9-15-52-16-10-43)41-32(40-29)44-11-17-53-18-12-44/h1-6,19-20H,7-18H2,(H,45,46,47)(H,48,49,50)(H,35,39,40,41)(H3,33,34,36,37,38). The summed E-state index contributed by atoms with van der Waals surface area (Å²) in [5, 5.41) is 5.92. The minimum absolute atomic E-state index is 0.0113. The summed E-state index contributed by atoms with van der Waals surface area (Å²) in [6, 6.07) is 8.20. The van der Waals surface area contributed by atoms with Crippen LogP contribution in [0.1, 0.15) is 11.1 Å². The zero-order valence-electron chi connectivity index (χ0n) is 29.3. The molecule has 3 saturated heterocycles. The first-order valence-electron chi connectivity index (χ1n) is 17.1. The van der Waals surface area contributed by atoms with E-state index in [9.17, 15) is 25.9 Å². The van der Waals surface area contributed by atoms with E-state index in [1.165, 1.54) is 36.4 Å². The van der Waals surface area contributed by atoms with Gasteiger partial charge in [-0.25, -0.2) is 0 Å². The van der Waals surface area contributed by atoms with E-state index in [1.807, 2.05) is 14.7 Å². The van der Waals surface area contributed by atoms with Crippen molar-refractivity contribution in [1.29, 1.82) is 0 Å². The van der Waals surface area contributed by atoms with E-state index in [0.29, 0.717) is 96.8 Å². The average molecular weight is 799 g/mol. The molecule has 0 spiro atoms. The van der Waals surface area contributed by atoms with Gasteiger partial charge in [-0.1, -0.05) is 24.3 Å². The summed E-state index contributed by atoms with van der Waals surface area (Å²) in [4.78, 5) is 31.3. The molecule has 21 nitrogen and oxygen atoms in total. The summed E-state index contributed by atoms with van der Waals surface area (Å²) in [5.41, 5.74) is 6.37. The molecule has 7 rings (SSSR count). The molecular formula is C32H38N12O9S2. The van der Waals surface area contributed by atoms with Gasteiger partial charge in [-0.05, 0) is 35.4 Å². The zero-order chi connectivity index (χ0) is 38.6. The molecule has 2 aromatic carbocycles. The molecule has 0 aliphatic carbocycles. The van der Waals surface area contributed by atoms with Crippen LogP contribution < -0.4 is 31.1 Å². The predicted molar refractivity (Wildman–Crippen MR) is 201 cm³/mol. The number of anilines is 8. The first-order chi connectivity index (χ1) is 26.4. The quantitative estimate of drug-likeness (QED) is 0.106. The number of aromatic nitrogens is 6. The van der Waals surface area contributed by atoms with E-state index in [1.54, 1.807) is 6.07 Å². The fourth-order valence-corrected chi connectivity index (χ4v) is 7.36. The molecule has 3 fully saturated rings. The van der Waals surface area contributed by atoms with Crippen LogP contribution in [-0.4, -0.2) is 135 Å². The Bertz CT molecular complexity index is 2250. The molecule has 0 radical (unpaired) electrons. The number of rotatable bonds is 11. The maximum absolute atomic E-state index is 12.6. The van der Waals surface area contributed by atoms with Gasteiger partial charge in [0.05, 0.1) is 39.6 Å². The number of morpholine rings is 3. The van der Waals surface area contributed by atoms with Gasteiger partial charge < -0.3 is 45.3 Å². The summed E-state index contributed by atoms with van der Waals surface area (Å²) in [7, 11) is -9.60. The molecule has 292 valence electrons. The van der Waals surface area contributed by atoms with Gasteiger partial charge in [0.1, 0.15) is 9.79 Å². The van der Waals surface area contributed by atoms with Crippen LogP contribution in [0.15, 0.2) is 46.2 Å². The lowest BCUT2D eigenvalue weighted by atomic mass is 10.1. The number of hydrogen-bond donors (Lipinski definition) is 5. The highest BCUT2D eigenvalue weighted by Crippen LogP contribution is 2.29. The normalized spacial score (nSPS) is 17.1. The Hall–Kier alpha value is -5.30. The van der Waals surface area contributed by atoms with E-state index >= 15 is 0 Å². The second-order valence-electron chi connectivity index (χ2n) is 12.4. The Balaban J connectivity index is 1.15. The van der Waals surface area contributed by atoms with Crippen molar-refractivity contribution in [1.82, 2.24) is 29.9 Å². The van der Waals surface area contributed by atoms with Crippen LogP contribution in [0.2, 0.25) is 0 Å². The summed E-state index contributed by atoms with van der Waals surface area (Å²) in [6.45, 7) is 6.38. The molecule has 0 amide bonds. The Morgan fingerprint density at radius 2 is 0.927 bits per heavy atom. The lowest BCUT2D eigenvalue weighted by Gasteiger charge is -2.30. The average Bonchev–Trinajstić information content (AvgIpc) is 3.17. The smallest absolute Gasteiger partial charge is 0.295 e. The fraction of sp³-hybridized carbons (Fsp3) is 0.375. The van der Waals surface area contributed by atoms with Gasteiger partial charge in [-0.2, -0.15) is 46.7 Å². The molecule has 3 aliphatic heterocycles. The minimum Gasteiger partial charge on any atom is -0.378 e. The lowest BCUT2D eigenvalue weighted by molar-refractivity contribution is 0.121. The molecule has 4 aromatic rings. The van der Waals surface area contributed by atoms with Crippen molar-refractivity contribution in [3.63, 3.8) is 0 Å². The second kappa shape index (κ2) is 16.2. The molecule has 6 N–H and O–H groups in total. The Kier molecular flexibility index (Phi) is 11.2. The van der Waals surface area contributed by atoms with Crippen molar-refractivity contribution in [2.45, 2.75) is 9.79 Å². The molecule has 23 heteroatoms. The van der Waals surface area contributed by atoms with Crippen molar-refractivity contribution < 1.29 is 40.2 Å². The van der Waals surface area contributed by atoms with Crippen molar-refractivity contribution in [3.8, 4) is 0 Å². The van der Waals surface area contributed by atoms with E-state index < -0.39 is 30.0 Å². The maximum Gasteiger partial charge on any atom is 0.295 e. The van der Waals surface area contributed by atoms with E-state index in [2.05, 4.69) is 40.5 Å². The summed E-state index contributed by atoms with van der Waals surface area (Å²) < 4.78 is 86.9. The van der Waals surface area contributed by atoms with E-state index in [0.717, 1.165) is 6.07 Å². The molecule has 3 aliphatic rings. The molecule has 2 aromatic heterocycles. The van der Waals surface area contributed by atoms with Crippen molar-refractivity contribution in [3.05, 3.63) is 47.5 Å². The Labute approximate surface area is 316 Å². The maximum atomic E-state index is 12.6. The van der Waals surface area contributed by atoms with Crippen molar-refractivity contribution in [2.75, 3.05) is 110 Å². The highest BCUT2D eigenvalue weighted by Gasteiger charge is 2.23. The van der Waals surface area contributed by atoms with Crippen LogP contribution in [-0.2, 0) is 34.4 Å². The van der Waals surface area contributed by atoms with Crippen LogP contribution >= 0.6 is 0 Å². The molecule has 0 atom stereocenters. The summed E-state index contributed by atoms with van der Waals surface area (Å²) in [6.07, 6.45) is 2.58. The van der Waals surface area contributed by atoms with Crippen LogP contribution in [0.3, 0.4) is 0 Å². The topological polar surface area (TPSA) is 274 Å². The third-order valence-electron chi connectivity index (χ3n) is 8.67. The van der Waals surface area contributed by atoms with Crippen LogP contribution in [0.4, 0.5) is 47.1 Å². The van der Waals surface area contributed by atoms with E-state index in [-0.39, 0.29) is 40.3 Å². The third kappa shape index (κ3) is 9.51.